The van der Waals surface area contributed by atoms with Gasteiger partial charge in [-0.1, -0.05) is 24.1 Å². The number of carboxylic acids is 1. The number of carboxylic acid groups (broad SMARTS) is 1. The average molecular weight is 632 g/mol. The highest BCUT2D eigenvalue weighted by atomic mass is 31.2. The van der Waals surface area contributed by atoms with Gasteiger partial charge >= 0.3 is 19.8 Å². The topological polar surface area (TPSA) is 184 Å². The molecule has 2 aromatic heterocycles. The monoisotopic (exact) mass is 632 g/mol. The van der Waals surface area contributed by atoms with Crippen molar-refractivity contribution in [2.24, 2.45) is 0 Å². The molecule has 1 aliphatic heterocycles. The molecule has 0 unspecified atom stereocenters. The van der Waals surface area contributed by atoms with E-state index in [0.717, 1.165) is 12.1 Å². The number of aromatic nitrogens is 4. The molecule has 1 saturated heterocycles. The first-order valence-electron chi connectivity index (χ1n) is 12.8. The predicted molar refractivity (Wildman–Crippen MR) is 147 cm³/mol. The average Bonchev–Trinajstić information content (AvgIpc) is 3.52. The first kappa shape index (κ1) is 30.9. The minimum absolute atomic E-state index is 0.00831. The number of aliphatic hydroxyl groups excluding tert-OH is 1. The van der Waals surface area contributed by atoms with E-state index in [2.05, 4.69) is 26.0 Å². The molecule has 0 saturated carbocycles. The number of hydrogen-bond donors (Lipinski definition) is 4. The number of rotatable bonds is 11. The number of anilines is 1. The first-order valence-corrected chi connectivity index (χ1v) is 14.4. The number of nitrogen functional groups attached to an aromatic ring is 1. The van der Waals surface area contributed by atoms with Gasteiger partial charge in [0, 0.05) is 12.5 Å². The van der Waals surface area contributed by atoms with Gasteiger partial charge in [0.1, 0.15) is 42.4 Å². The molecular formula is C27H24F3N6O7P. The number of aliphatic carboxylic acids is 1. The van der Waals surface area contributed by atoms with Crippen LogP contribution in [-0.2, 0) is 25.0 Å². The number of para-hydroxylation sites is 1. The molecule has 0 radical (unpaired) electrons. The summed E-state index contributed by atoms with van der Waals surface area (Å²) in [5.74, 6) is -1.35. The van der Waals surface area contributed by atoms with Gasteiger partial charge in [-0.15, -0.1) is 6.42 Å². The zero-order valence-corrected chi connectivity index (χ0v) is 23.4. The second-order valence-corrected chi connectivity index (χ2v) is 11.4. The molecule has 1 fully saturated rings. The summed E-state index contributed by atoms with van der Waals surface area (Å²) in [7, 11) is -4.69. The molecule has 0 bridgehead atoms. The largest absolute Gasteiger partial charge is 0.480 e. The molecule has 44 heavy (non-hydrogen) atoms. The molecule has 2 aromatic carbocycles. The smallest absolute Gasteiger partial charge is 0.459 e. The van der Waals surface area contributed by atoms with Crippen LogP contribution in [0.3, 0.4) is 0 Å². The Morgan fingerprint density at radius 1 is 1.25 bits per heavy atom. The van der Waals surface area contributed by atoms with E-state index in [9.17, 15) is 32.7 Å². The van der Waals surface area contributed by atoms with Crippen LogP contribution in [0.2, 0.25) is 0 Å². The predicted octanol–water partition coefficient (Wildman–Crippen LogP) is 2.97. The van der Waals surface area contributed by atoms with Crippen LogP contribution >= 0.6 is 7.75 Å². The van der Waals surface area contributed by atoms with Crippen molar-refractivity contribution in [3.8, 4) is 18.1 Å². The minimum atomic E-state index is -4.69. The van der Waals surface area contributed by atoms with Crippen LogP contribution < -0.4 is 15.3 Å². The highest BCUT2D eigenvalue weighted by Gasteiger charge is 2.50. The number of aliphatic hydroxyl groups is 1. The number of halogens is 3. The molecule has 5 N–H and O–H groups in total. The van der Waals surface area contributed by atoms with E-state index in [0.29, 0.717) is 6.07 Å². The van der Waals surface area contributed by atoms with Gasteiger partial charge in [-0.2, -0.15) is 19.4 Å². The number of imidazole rings is 1. The molecule has 0 aliphatic carbocycles. The van der Waals surface area contributed by atoms with Crippen LogP contribution in [0, 0.1) is 30.1 Å². The van der Waals surface area contributed by atoms with E-state index in [1.807, 2.05) is 0 Å². The van der Waals surface area contributed by atoms with Gasteiger partial charge in [-0.05, 0) is 36.2 Å². The lowest BCUT2D eigenvalue weighted by Gasteiger charge is -2.30. The Labute approximate surface area is 247 Å². The fraction of sp³-hybridized carbons (Fsp3) is 0.259. The van der Waals surface area contributed by atoms with Gasteiger partial charge in [0.15, 0.2) is 22.6 Å². The number of carbonyl (C=O) groups is 1. The molecule has 0 spiro atoms. The van der Waals surface area contributed by atoms with E-state index in [4.69, 9.17) is 25.9 Å². The minimum Gasteiger partial charge on any atom is -0.480 e. The standard InChI is InChI=1S/C27H24F3N6O7P/c1-2-27(20(37)12-21(42-27)36-14-32-22-23(31)33-26(30)34-24(22)36)13-41-44(40,43-18-6-4-3-5-7-18)35-19(25(38)39)10-15-8-16(28)11-17(29)9-15/h1,3-9,11,14,19-21,37H,10,12-13H2,(H,35,40)(H,38,39)(H2,31,33,34)/t19-,20-,21+,27+,44+/m0/s1. The maximum atomic E-state index is 14.0. The molecule has 17 heteroatoms. The molecule has 13 nitrogen and oxygen atoms in total. The van der Waals surface area contributed by atoms with E-state index in [-0.39, 0.29) is 34.7 Å². The second-order valence-electron chi connectivity index (χ2n) is 9.74. The number of fused-ring (bicyclic) bond motifs is 1. The lowest BCUT2D eigenvalue weighted by molar-refractivity contribution is -0.139. The molecule has 0 amide bonds. The van der Waals surface area contributed by atoms with Gasteiger partial charge in [0.2, 0.25) is 0 Å². The van der Waals surface area contributed by atoms with Crippen molar-refractivity contribution in [2.45, 2.75) is 36.8 Å². The van der Waals surface area contributed by atoms with Gasteiger partial charge in [-0.25, -0.2) is 18.3 Å². The van der Waals surface area contributed by atoms with E-state index < -0.39 is 68.4 Å². The lowest BCUT2D eigenvalue weighted by atomic mass is 9.99. The summed E-state index contributed by atoms with van der Waals surface area (Å²) in [5.41, 5.74) is 3.72. The highest BCUT2D eigenvalue weighted by molar-refractivity contribution is 7.52. The third-order valence-corrected chi connectivity index (χ3v) is 8.23. The summed E-state index contributed by atoms with van der Waals surface area (Å²) in [6.07, 6.45) is 2.63. The van der Waals surface area contributed by atoms with Crippen LogP contribution in [0.4, 0.5) is 19.0 Å². The molecule has 230 valence electrons. The Bertz CT molecular complexity index is 1770. The molecule has 5 rings (SSSR count). The maximum Gasteiger partial charge on any atom is 0.459 e. The van der Waals surface area contributed by atoms with Crippen LogP contribution in [0.5, 0.6) is 5.75 Å². The van der Waals surface area contributed by atoms with Crippen molar-refractivity contribution in [3.05, 3.63) is 78.1 Å². The number of terminal acetylenes is 1. The van der Waals surface area contributed by atoms with E-state index in [1.54, 1.807) is 18.2 Å². The number of ether oxygens (including phenoxy) is 1. The normalized spacial score (nSPS) is 21.9. The van der Waals surface area contributed by atoms with E-state index in [1.165, 1.54) is 23.0 Å². The lowest BCUT2D eigenvalue weighted by Crippen LogP contribution is -2.44. The Morgan fingerprint density at radius 2 is 1.95 bits per heavy atom. The quantitative estimate of drug-likeness (QED) is 0.108. The van der Waals surface area contributed by atoms with Crippen LogP contribution in [0.15, 0.2) is 54.9 Å². The Kier molecular flexibility index (Phi) is 8.60. The zero-order valence-electron chi connectivity index (χ0n) is 22.5. The third-order valence-electron chi connectivity index (χ3n) is 6.68. The summed E-state index contributed by atoms with van der Waals surface area (Å²) in [6.45, 7) is -0.794. The van der Waals surface area contributed by atoms with Gasteiger partial charge < -0.3 is 25.2 Å². The Morgan fingerprint density at radius 3 is 2.61 bits per heavy atom. The summed E-state index contributed by atoms with van der Waals surface area (Å²) in [6, 6.07) is 8.31. The molecule has 4 aromatic rings. The highest BCUT2D eigenvalue weighted by Crippen LogP contribution is 2.48. The van der Waals surface area contributed by atoms with Gasteiger partial charge in [-0.3, -0.25) is 13.9 Å². The number of hydrogen-bond acceptors (Lipinski definition) is 10. The van der Waals surface area contributed by atoms with Crippen molar-refractivity contribution < 1.29 is 46.5 Å². The number of benzene rings is 2. The number of nitrogens with zero attached hydrogens (tertiary/aromatic N) is 4. The second kappa shape index (κ2) is 12.2. The SMILES string of the molecule is C#C[C@]1(CO[P@](=O)(N[C@@H](Cc2cc(F)cc(F)c2)C(=O)O)Oc2ccccc2)O[C@@H](n2cnc3c(N)nc(F)nc32)C[C@@H]1O. The summed E-state index contributed by atoms with van der Waals surface area (Å²) in [4.78, 5) is 23.3. The fourth-order valence-electron chi connectivity index (χ4n) is 4.58. The van der Waals surface area contributed by atoms with Crippen molar-refractivity contribution >= 4 is 30.7 Å². The van der Waals surface area contributed by atoms with Crippen LogP contribution in [0.1, 0.15) is 18.2 Å². The van der Waals surface area contributed by atoms with Gasteiger partial charge in [0.25, 0.3) is 0 Å². The summed E-state index contributed by atoms with van der Waals surface area (Å²) < 4.78 is 73.8. The Balaban J connectivity index is 1.41. The Hall–Kier alpha value is -4.52. The van der Waals surface area contributed by atoms with Crippen LogP contribution in [0.25, 0.3) is 11.2 Å². The van der Waals surface area contributed by atoms with Crippen molar-refractivity contribution in [2.75, 3.05) is 12.3 Å². The zero-order chi connectivity index (χ0) is 31.6. The van der Waals surface area contributed by atoms with Crippen molar-refractivity contribution in [1.82, 2.24) is 24.6 Å². The van der Waals surface area contributed by atoms with Crippen LogP contribution in [-0.4, -0.2) is 60.1 Å². The number of nitrogens with two attached hydrogens (primary N) is 1. The fourth-order valence-corrected chi connectivity index (χ4v) is 6.10. The molecule has 5 atom stereocenters. The maximum absolute atomic E-state index is 14.0. The van der Waals surface area contributed by atoms with Crippen molar-refractivity contribution in [1.29, 1.82) is 0 Å². The molecule has 1 aliphatic rings. The summed E-state index contributed by atoms with van der Waals surface area (Å²) in [5, 5.41) is 23.1. The van der Waals surface area contributed by atoms with E-state index >= 15 is 0 Å². The summed E-state index contributed by atoms with van der Waals surface area (Å²) >= 11 is 0. The van der Waals surface area contributed by atoms with Gasteiger partial charge in [0.05, 0.1) is 6.33 Å². The third kappa shape index (κ3) is 6.52. The number of nitrogens with one attached hydrogen (secondary N) is 1. The molecular weight excluding hydrogens is 608 g/mol. The molecule has 3 heterocycles. The first-order chi connectivity index (χ1) is 20.9. The van der Waals surface area contributed by atoms with Crippen molar-refractivity contribution in [3.63, 3.8) is 0 Å².